The number of hydrogen-bond donors (Lipinski definition) is 1. The van der Waals surface area contributed by atoms with E-state index in [4.69, 9.17) is 5.11 Å². The van der Waals surface area contributed by atoms with Gasteiger partial charge in [0.05, 0.1) is 0 Å². The van der Waals surface area contributed by atoms with Crippen LogP contribution in [-0.2, 0) is 4.79 Å². The molecule has 0 rings (SSSR count). The summed E-state index contributed by atoms with van der Waals surface area (Å²) in [6, 6.07) is 0. The number of alkyl halides is 16. The molecule has 0 spiro atoms. The third-order valence-electron chi connectivity index (χ3n) is 4.03. The van der Waals surface area contributed by atoms with E-state index in [-0.39, 0.29) is 13.8 Å². The lowest BCUT2D eigenvalue weighted by Crippen LogP contribution is -2.74. The van der Waals surface area contributed by atoms with E-state index in [0.29, 0.717) is 0 Å². The molecule has 0 saturated carbocycles. The first-order valence-corrected chi connectivity index (χ1v) is 7.59. The number of carboxylic acids is 1. The lowest BCUT2D eigenvalue weighted by molar-refractivity contribution is -0.450. The predicted molar refractivity (Wildman–Crippen MR) is 71.3 cm³/mol. The first kappa shape index (κ1) is 30.1. The first-order chi connectivity index (χ1) is 13.6. The van der Waals surface area contributed by atoms with Crippen LogP contribution >= 0.6 is 0 Å². The van der Waals surface area contributed by atoms with Gasteiger partial charge >= 0.3 is 53.3 Å². The van der Waals surface area contributed by atoms with E-state index < -0.39 is 71.4 Å². The molecule has 0 aromatic rings. The van der Waals surface area contributed by atoms with Crippen molar-refractivity contribution in [3.63, 3.8) is 0 Å². The van der Waals surface area contributed by atoms with Crippen molar-refractivity contribution < 1.29 is 80.1 Å². The maximum Gasteiger partial charge on any atom is 0.385 e. The van der Waals surface area contributed by atoms with Gasteiger partial charge in [0, 0.05) is 18.1 Å². The lowest BCUT2D eigenvalue weighted by atomic mass is 9.87. The van der Waals surface area contributed by atoms with Crippen LogP contribution < -0.4 is 0 Å². The average Bonchev–Trinajstić information content (AvgIpc) is 2.59. The van der Waals surface area contributed by atoms with Crippen LogP contribution in [0.25, 0.3) is 0 Å². The molecule has 0 aliphatic carbocycles. The second kappa shape index (κ2) is 7.85. The molecule has 0 heterocycles. The van der Waals surface area contributed by atoms with Crippen molar-refractivity contribution in [1.29, 1.82) is 0 Å². The summed E-state index contributed by atoms with van der Waals surface area (Å²) in [6.45, 7) is -0.0422. The molecule has 2 nitrogen and oxygen atoms in total. The van der Waals surface area contributed by atoms with Gasteiger partial charge in [-0.05, 0) is 6.92 Å². The monoisotopic (exact) mass is 514 g/mol. The maximum atomic E-state index is 13.5. The van der Waals surface area contributed by atoms with Gasteiger partial charge in [-0.1, -0.05) is 6.92 Å². The zero-order chi connectivity index (χ0) is 26.6. The molecule has 0 atom stereocenters. The van der Waals surface area contributed by atoms with Gasteiger partial charge in [-0.2, -0.15) is 70.2 Å². The molecule has 1 N–H and O–H groups in total. The number of rotatable bonds is 10. The molecule has 18 heteroatoms. The van der Waals surface area contributed by atoms with Crippen LogP contribution in [0.3, 0.4) is 0 Å². The number of aliphatic carboxylic acids is 1. The van der Waals surface area contributed by atoms with Crippen LogP contribution in [-0.4, -0.2) is 58.5 Å². The third-order valence-corrected chi connectivity index (χ3v) is 4.03. The van der Waals surface area contributed by atoms with E-state index in [2.05, 4.69) is 0 Å². The fourth-order valence-corrected chi connectivity index (χ4v) is 1.87. The summed E-state index contributed by atoms with van der Waals surface area (Å²) in [5, 5.41) is 8.24. The van der Waals surface area contributed by atoms with Crippen molar-refractivity contribution >= 4 is 5.97 Å². The molecule has 0 aliphatic rings. The Morgan fingerprint density at radius 2 is 0.906 bits per heavy atom. The minimum absolute atomic E-state index is 0.0126. The van der Waals surface area contributed by atoms with E-state index in [1.165, 1.54) is 0 Å². The van der Waals surface area contributed by atoms with Crippen LogP contribution in [0, 0.1) is 0 Å². The summed E-state index contributed by atoms with van der Waals surface area (Å²) in [4.78, 5) is 10.3. The van der Waals surface area contributed by atoms with Crippen molar-refractivity contribution in [1.82, 2.24) is 0 Å². The Labute approximate surface area is 166 Å². The van der Waals surface area contributed by atoms with Crippen molar-refractivity contribution in [2.75, 3.05) is 0 Å². The molecule has 32 heavy (non-hydrogen) atoms. The van der Waals surface area contributed by atoms with Crippen LogP contribution in [0.2, 0.25) is 0 Å². The Morgan fingerprint density at radius 1 is 0.625 bits per heavy atom. The van der Waals surface area contributed by atoms with Crippen LogP contribution in [0.15, 0.2) is 11.6 Å². The molecule has 0 fully saturated rings. The fraction of sp³-hybridized carbons (Fsp3) is 0.786. The van der Waals surface area contributed by atoms with Crippen LogP contribution in [0.4, 0.5) is 70.2 Å². The van der Waals surface area contributed by atoms with Gasteiger partial charge < -0.3 is 5.11 Å². The van der Waals surface area contributed by atoms with Crippen molar-refractivity contribution in [2.45, 2.75) is 67.6 Å². The van der Waals surface area contributed by atoms with E-state index in [1.54, 1.807) is 0 Å². The summed E-state index contributed by atoms with van der Waals surface area (Å²) in [5.74, 6) is -64.5. The molecule has 0 unspecified atom stereocenters. The largest absolute Gasteiger partial charge is 0.478 e. The summed E-state index contributed by atoms with van der Waals surface area (Å²) in [7, 11) is 0. The van der Waals surface area contributed by atoms with Gasteiger partial charge in [-0.15, -0.1) is 0 Å². The molecule has 0 radical (unpaired) electrons. The highest BCUT2D eigenvalue weighted by atomic mass is 19.4. The summed E-state index contributed by atoms with van der Waals surface area (Å²) >= 11 is 0. The zero-order valence-corrected chi connectivity index (χ0v) is 15.2. The van der Waals surface area contributed by atoms with Gasteiger partial charge in [0.15, 0.2) is 0 Å². The second-order valence-electron chi connectivity index (χ2n) is 6.26. The molecule has 0 bridgehead atoms. The van der Waals surface area contributed by atoms with E-state index in [0.717, 1.165) is 0 Å². The smallest absolute Gasteiger partial charge is 0.385 e. The highest BCUT2D eigenvalue weighted by Gasteiger charge is 2.94. The molecular weight excluding hydrogens is 504 g/mol. The second-order valence-corrected chi connectivity index (χ2v) is 6.26. The van der Waals surface area contributed by atoms with E-state index in [1.807, 2.05) is 0 Å². The van der Waals surface area contributed by atoms with Crippen LogP contribution in [0.5, 0.6) is 0 Å². The van der Waals surface area contributed by atoms with Gasteiger partial charge in [0.2, 0.25) is 0 Å². The number of halogens is 16. The van der Waals surface area contributed by atoms with Crippen LogP contribution in [0.1, 0.15) is 20.3 Å². The number of carbonyl (C=O) groups is 1. The highest BCUT2D eigenvalue weighted by molar-refractivity contribution is 5.86. The third kappa shape index (κ3) is 3.86. The fourth-order valence-electron chi connectivity index (χ4n) is 1.87. The molecule has 0 aromatic carbocycles. The van der Waals surface area contributed by atoms with Gasteiger partial charge in [-0.3, -0.25) is 0 Å². The van der Waals surface area contributed by atoms with Crippen molar-refractivity contribution in [3.05, 3.63) is 11.6 Å². The zero-order valence-electron chi connectivity index (χ0n) is 15.2. The summed E-state index contributed by atoms with van der Waals surface area (Å²) < 4.78 is 214. The number of allylic oxidation sites excluding steroid dienone is 1. The highest BCUT2D eigenvalue weighted by Crippen LogP contribution is 2.64. The molecule has 0 aliphatic heterocycles. The standard InChI is InChI=1S/C14H10F16O2/c1-3-7(15,16)9(19,20)11(23,24)13(27,28)14(29,30)12(25,26)10(21,22)8(17,18)4-5(2)6(31)32/h4H,3H2,1-2H3,(H,31,32). The summed E-state index contributed by atoms with van der Waals surface area (Å²) in [5.41, 5.74) is -1.94. The Kier molecular flexibility index (Phi) is 7.38. The molecule has 0 saturated heterocycles. The first-order valence-electron chi connectivity index (χ1n) is 7.59. The van der Waals surface area contributed by atoms with Gasteiger partial charge in [0.25, 0.3) is 0 Å². The SMILES string of the molecule is CCC(F)(F)C(F)(F)C(F)(F)C(F)(F)C(F)(F)C(F)(F)C(F)(F)C(F)(F)C=C(C)C(=O)O. The predicted octanol–water partition coefficient (Wildman–Crippen LogP) is 6.51. The topological polar surface area (TPSA) is 37.3 Å². The average molecular weight is 514 g/mol. The minimum atomic E-state index is -8.52. The molecule has 0 amide bonds. The van der Waals surface area contributed by atoms with E-state index in [9.17, 15) is 75.0 Å². The van der Waals surface area contributed by atoms with Crippen molar-refractivity contribution in [3.8, 4) is 0 Å². The minimum Gasteiger partial charge on any atom is -0.478 e. The van der Waals surface area contributed by atoms with Gasteiger partial charge in [-0.25, -0.2) is 4.79 Å². The Balaban J connectivity index is 6.87. The molecular formula is C14H10F16O2. The number of carboxylic acid groups (broad SMARTS) is 1. The van der Waals surface area contributed by atoms with Crippen molar-refractivity contribution in [2.24, 2.45) is 0 Å². The quantitative estimate of drug-likeness (QED) is 0.267. The normalized spacial score (nSPS) is 16.4. The Bertz CT molecular complexity index is 752. The number of hydrogen-bond acceptors (Lipinski definition) is 1. The van der Waals surface area contributed by atoms with Gasteiger partial charge in [0.1, 0.15) is 0 Å². The lowest BCUT2D eigenvalue weighted by Gasteiger charge is -2.43. The Morgan fingerprint density at radius 3 is 1.19 bits per heavy atom. The Hall–Kier alpha value is -1.91. The molecule has 190 valence electrons. The molecule has 0 aromatic heterocycles. The summed E-state index contributed by atoms with van der Waals surface area (Å²) in [6.07, 6.45) is -4.09. The maximum absolute atomic E-state index is 13.5. The van der Waals surface area contributed by atoms with E-state index >= 15 is 0 Å².